The number of aromatic nitrogens is 3. The van der Waals surface area contributed by atoms with Crippen molar-refractivity contribution >= 4 is 10.1 Å². The van der Waals surface area contributed by atoms with Crippen molar-refractivity contribution < 1.29 is 61.5 Å². The van der Waals surface area contributed by atoms with Gasteiger partial charge in [-0.2, -0.15) is 8.42 Å². The number of hydrogen-bond donors (Lipinski definition) is 1. The number of methoxy groups -OCH3 is 3. The smallest absolute Gasteiger partial charge is 0.497 e. The molecule has 0 amide bonds. The van der Waals surface area contributed by atoms with Crippen molar-refractivity contribution in [1.82, 2.24) is 15.0 Å². The van der Waals surface area contributed by atoms with Crippen LogP contribution in [-0.2, 0) is 34.1 Å². The van der Waals surface area contributed by atoms with E-state index in [2.05, 4.69) is 25.0 Å². The first-order valence-electron chi connectivity index (χ1n) is 12.7. The van der Waals surface area contributed by atoms with Crippen LogP contribution in [0.3, 0.4) is 0 Å². The molecule has 3 heterocycles. The molecule has 0 fully saturated rings. The summed E-state index contributed by atoms with van der Waals surface area (Å²) in [5.74, 6) is 2.04. The zero-order valence-electron chi connectivity index (χ0n) is 26.0. The normalized spacial score (nSPS) is 9.21. The van der Waals surface area contributed by atoms with Crippen LogP contribution >= 0.6 is 0 Å². The SMILES string of the molecule is C.COc1ccnc(CN=[N+]=[N-])c1.COc1ccnc(CO)c1.COc1ccnc(COS(=O)(=O)c2ccc(C)cc2)c1.[N-]=[N+]=[N-].[Na+]. The molecule has 4 aromatic rings. The first-order valence-corrected chi connectivity index (χ1v) is 14.1. The van der Waals surface area contributed by atoms with Gasteiger partial charge in [-0.15, -0.1) is 0 Å². The van der Waals surface area contributed by atoms with E-state index in [-0.39, 0.29) is 61.6 Å². The van der Waals surface area contributed by atoms with Crippen molar-refractivity contribution in [3.05, 3.63) is 128 Å². The van der Waals surface area contributed by atoms with Gasteiger partial charge in [0.25, 0.3) is 10.1 Å². The minimum atomic E-state index is -3.78. The molecule has 47 heavy (non-hydrogen) atoms. The molecule has 0 aliphatic rings. The Hall–Kier alpha value is -4.44. The summed E-state index contributed by atoms with van der Waals surface area (Å²) in [5.41, 5.74) is 24.3. The number of nitrogens with zero attached hydrogens (tertiary/aromatic N) is 9. The summed E-state index contributed by atoms with van der Waals surface area (Å²) in [5, 5.41) is 12.0. The minimum Gasteiger partial charge on any atom is -0.497 e. The molecule has 0 saturated carbocycles. The molecular weight excluding hydrogens is 641 g/mol. The molecule has 0 unspecified atom stereocenters. The number of aryl methyl sites for hydroxylation is 1. The molecule has 0 aliphatic carbocycles. The van der Waals surface area contributed by atoms with E-state index < -0.39 is 10.1 Å². The van der Waals surface area contributed by atoms with Crippen molar-refractivity contribution in [3.8, 4) is 17.2 Å². The van der Waals surface area contributed by atoms with Gasteiger partial charge < -0.3 is 30.4 Å². The van der Waals surface area contributed by atoms with Gasteiger partial charge in [-0.3, -0.25) is 24.0 Å². The summed E-state index contributed by atoms with van der Waals surface area (Å²) in [6.45, 7) is 1.97. The van der Waals surface area contributed by atoms with Gasteiger partial charge in [0.15, 0.2) is 0 Å². The van der Waals surface area contributed by atoms with E-state index in [1.807, 2.05) is 6.92 Å². The molecule has 0 radical (unpaired) electrons. The summed E-state index contributed by atoms with van der Waals surface area (Å²) in [7, 11) is 0.911. The predicted molar refractivity (Wildman–Crippen MR) is 171 cm³/mol. The van der Waals surface area contributed by atoms with Crippen LogP contribution in [0.4, 0.5) is 0 Å². The number of pyridine rings is 3. The Morgan fingerprint density at radius 3 is 1.64 bits per heavy atom. The molecule has 0 aliphatic heterocycles. The number of hydrogen-bond acceptors (Lipinski definition) is 11. The van der Waals surface area contributed by atoms with Crippen LogP contribution < -0.4 is 43.8 Å². The average Bonchev–Trinajstić information content (AvgIpc) is 3.07. The fourth-order valence-corrected chi connectivity index (χ4v) is 3.90. The number of ether oxygens (including phenoxy) is 3. The Morgan fingerprint density at radius 2 is 1.19 bits per heavy atom. The Labute approximate surface area is 296 Å². The third kappa shape index (κ3) is 18.3. The molecule has 0 saturated heterocycles. The molecule has 16 nitrogen and oxygen atoms in total. The van der Waals surface area contributed by atoms with Crippen LogP contribution in [0.25, 0.3) is 26.4 Å². The number of rotatable bonds is 10. The molecular formula is C29H36N9NaO7S. The van der Waals surface area contributed by atoms with Crippen LogP contribution in [0.2, 0.25) is 0 Å². The fraction of sp³-hybridized carbons (Fsp3) is 0.276. The molecule has 3 aromatic heterocycles. The Kier molecular flexibility index (Phi) is 24.5. The third-order valence-corrected chi connectivity index (χ3v) is 6.48. The van der Waals surface area contributed by atoms with Crippen molar-refractivity contribution in [2.24, 2.45) is 5.11 Å². The van der Waals surface area contributed by atoms with E-state index >= 15 is 0 Å². The van der Waals surface area contributed by atoms with Crippen LogP contribution in [0.5, 0.6) is 17.2 Å². The summed E-state index contributed by atoms with van der Waals surface area (Å²) >= 11 is 0. The first kappa shape index (κ1) is 44.7. The Balaban J connectivity index is 0. The standard InChI is InChI=1S/C14H15NO4S.C7H8N4O.C7H9NO2.CH4.N3.Na/c1-11-3-5-14(6-4-11)20(16,17)19-10-12-9-13(18-2)7-8-15-12;1-12-7-2-3-9-6(4-7)5-10-11-8;1-10-7-2-3-8-6(4-7)5-9;;1-3-2;/h3-9H,10H2,1-2H3;2-4H,5H2,1H3;2-4,9H,5H2,1H3;1H4;;/q;;;;-1;+1. The van der Waals surface area contributed by atoms with Crippen LogP contribution in [-0.4, -0.2) is 49.8 Å². The van der Waals surface area contributed by atoms with E-state index in [1.165, 1.54) is 30.4 Å². The maximum absolute atomic E-state index is 12.0. The molecule has 4 rings (SSSR count). The van der Waals surface area contributed by atoms with E-state index in [9.17, 15) is 8.42 Å². The van der Waals surface area contributed by atoms with Gasteiger partial charge >= 0.3 is 29.6 Å². The quantitative estimate of drug-likeness (QED) is 0.0844. The topological polar surface area (TPSA) is 237 Å². The average molecular weight is 678 g/mol. The number of benzene rings is 1. The minimum absolute atomic E-state index is 0. The van der Waals surface area contributed by atoms with Gasteiger partial charge in [-0.05, 0) is 42.8 Å². The Bertz CT molecular complexity index is 1630. The summed E-state index contributed by atoms with van der Waals surface area (Å²) < 4.78 is 43.9. The Morgan fingerprint density at radius 1 is 0.766 bits per heavy atom. The molecule has 0 spiro atoms. The zero-order valence-corrected chi connectivity index (χ0v) is 28.8. The van der Waals surface area contributed by atoms with Crippen molar-refractivity contribution in [2.45, 2.75) is 39.0 Å². The van der Waals surface area contributed by atoms with E-state index in [4.69, 9.17) is 40.1 Å². The number of aliphatic hydroxyl groups is 1. The maximum Gasteiger partial charge on any atom is 1.00 e. The van der Waals surface area contributed by atoms with Gasteiger partial charge in [0.2, 0.25) is 0 Å². The fourth-order valence-electron chi connectivity index (χ4n) is 3.02. The molecule has 1 N–H and O–H groups in total. The van der Waals surface area contributed by atoms with Crippen LogP contribution in [0.15, 0.2) is 89.3 Å². The zero-order chi connectivity index (χ0) is 33.5. The largest absolute Gasteiger partial charge is 1.00 e. The first-order chi connectivity index (χ1) is 21.7. The van der Waals surface area contributed by atoms with Gasteiger partial charge in [0.05, 0.1) is 50.8 Å². The van der Waals surface area contributed by atoms with Gasteiger partial charge in [-0.25, -0.2) is 0 Å². The summed E-state index contributed by atoms with van der Waals surface area (Å²) in [6.07, 6.45) is 4.75. The molecule has 0 bridgehead atoms. The molecule has 0 atom stereocenters. The van der Waals surface area contributed by atoms with Crippen molar-refractivity contribution in [2.75, 3.05) is 21.3 Å². The van der Waals surface area contributed by atoms with Gasteiger partial charge in [-0.1, -0.05) is 30.2 Å². The van der Waals surface area contributed by atoms with Crippen LogP contribution in [0, 0.1) is 6.92 Å². The number of azide groups is 1. The maximum atomic E-state index is 12.0. The van der Waals surface area contributed by atoms with E-state index in [0.29, 0.717) is 28.6 Å². The molecule has 246 valence electrons. The molecule has 1 aromatic carbocycles. The summed E-state index contributed by atoms with van der Waals surface area (Å²) in [4.78, 5) is 16.1. The van der Waals surface area contributed by atoms with Crippen LogP contribution in [0.1, 0.15) is 30.1 Å². The monoisotopic (exact) mass is 677 g/mol. The van der Waals surface area contributed by atoms with Gasteiger partial charge in [0.1, 0.15) is 23.9 Å². The number of aliphatic hydroxyl groups excluding tert-OH is 1. The molecule has 18 heteroatoms. The second kappa shape index (κ2) is 25.7. The second-order valence-electron chi connectivity index (χ2n) is 8.23. The third-order valence-electron chi connectivity index (χ3n) is 5.20. The van der Waals surface area contributed by atoms with Gasteiger partial charge in [0, 0.05) is 47.4 Å². The second-order valence-corrected chi connectivity index (χ2v) is 9.84. The van der Waals surface area contributed by atoms with Crippen molar-refractivity contribution in [3.63, 3.8) is 0 Å². The van der Waals surface area contributed by atoms with E-state index in [1.54, 1.807) is 75.1 Å². The predicted octanol–water partition coefficient (Wildman–Crippen LogP) is 3.29. The summed E-state index contributed by atoms with van der Waals surface area (Å²) in [6, 6.07) is 16.7. The van der Waals surface area contributed by atoms with E-state index in [0.717, 1.165) is 11.3 Å². The van der Waals surface area contributed by atoms with Crippen molar-refractivity contribution in [1.29, 1.82) is 0 Å².